The van der Waals surface area contributed by atoms with Crippen molar-refractivity contribution in [1.29, 1.82) is 0 Å². The van der Waals surface area contributed by atoms with Gasteiger partial charge in [0.2, 0.25) is 0 Å². The molecule has 15 heavy (non-hydrogen) atoms. The summed E-state index contributed by atoms with van der Waals surface area (Å²) in [5.74, 6) is 0. The van der Waals surface area contributed by atoms with Gasteiger partial charge in [-0.25, -0.2) is 0 Å². The lowest BCUT2D eigenvalue weighted by atomic mass is 10.2. The molecule has 0 radical (unpaired) electrons. The lowest BCUT2D eigenvalue weighted by molar-refractivity contribution is -0.00000314. The highest BCUT2D eigenvalue weighted by Crippen LogP contribution is 2.08. The van der Waals surface area contributed by atoms with Crippen LogP contribution < -0.4 is 17.0 Å². The predicted molar refractivity (Wildman–Crippen MR) is 71.0 cm³/mol. The molecular weight excluding hydrogens is 269 g/mol. The Morgan fingerprint density at radius 3 is 1.47 bits per heavy atom. The number of hydrogen-bond acceptors (Lipinski definition) is 1. The van der Waals surface area contributed by atoms with Crippen LogP contribution in [0.3, 0.4) is 0 Å². The summed E-state index contributed by atoms with van der Waals surface area (Å²) in [5.41, 5.74) is 0. The summed E-state index contributed by atoms with van der Waals surface area (Å²) >= 11 is 0. The highest BCUT2D eigenvalue weighted by molar-refractivity contribution is 7.13. The largest absolute Gasteiger partial charge is 1.00 e. The fraction of sp³-hybridized carbons (Fsp3) is 1.00. The van der Waals surface area contributed by atoms with Gasteiger partial charge in [-0.2, -0.15) is 4.67 Å². The number of hydrogen-bond donors (Lipinski definition) is 0. The first-order valence-electron chi connectivity index (χ1n) is 6.36. The molecule has 0 rings (SSSR count). The molecule has 0 aliphatic carbocycles. The average Bonchev–Trinajstić information content (AvgIpc) is 2.19. The zero-order valence-corrected chi connectivity index (χ0v) is 13.6. The van der Waals surface area contributed by atoms with Gasteiger partial charge in [-0.15, -0.1) is 0 Å². The minimum Gasteiger partial charge on any atom is -1.00 e. The molecule has 0 saturated heterocycles. The predicted octanol–water partition coefficient (Wildman–Crippen LogP) is 0.975. The highest BCUT2D eigenvalue weighted by atomic mass is 79.9. The summed E-state index contributed by atoms with van der Waals surface area (Å²) in [7, 11) is 2.06. The van der Waals surface area contributed by atoms with Crippen LogP contribution in [0.1, 0.15) is 65.2 Å². The summed E-state index contributed by atoms with van der Waals surface area (Å²) in [4.78, 5) is 0. The van der Waals surface area contributed by atoms with Crippen LogP contribution in [0.2, 0.25) is 0 Å². The van der Waals surface area contributed by atoms with Gasteiger partial charge in [0.1, 0.15) is 0 Å². The Kier molecular flexibility index (Phi) is 18.1. The number of rotatable bonds is 10. The average molecular weight is 298 g/mol. The first-order valence-corrected chi connectivity index (χ1v) is 7.00. The van der Waals surface area contributed by atoms with Crippen LogP contribution in [-0.2, 0) is 0 Å². The van der Waals surface area contributed by atoms with E-state index in [0.29, 0.717) is 0 Å². The SMILES string of the molecule is CCCCCCN([PH3+])CCCCCC.[Br-]. The summed E-state index contributed by atoms with van der Waals surface area (Å²) < 4.78 is 2.52. The summed E-state index contributed by atoms with van der Waals surface area (Å²) in [6.07, 6.45) is 11.1. The van der Waals surface area contributed by atoms with Crippen molar-refractivity contribution in [2.45, 2.75) is 65.2 Å². The molecule has 3 heteroatoms. The zero-order valence-electron chi connectivity index (χ0n) is 10.6. The van der Waals surface area contributed by atoms with Gasteiger partial charge >= 0.3 is 0 Å². The Morgan fingerprint density at radius 1 is 0.733 bits per heavy atom. The van der Waals surface area contributed by atoms with E-state index in [9.17, 15) is 0 Å². The molecule has 0 N–H and O–H groups in total. The molecule has 0 aliphatic rings. The molecule has 0 aromatic heterocycles. The maximum Gasteiger partial charge on any atom is 0.0431 e. The van der Waals surface area contributed by atoms with Crippen LogP contribution in [0.5, 0.6) is 0 Å². The van der Waals surface area contributed by atoms with E-state index in [2.05, 4.69) is 27.9 Å². The molecule has 0 bridgehead atoms. The lowest BCUT2D eigenvalue weighted by Crippen LogP contribution is -3.00. The molecule has 1 atom stereocenters. The van der Waals surface area contributed by atoms with Crippen LogP contribution in [0, 0.1) is 0 Å². The third-order valence-corrected chi connectivity index (χ3v) is 3.29. The summed E-state index contributed by atoms with van der Waals surface area (Å²) in [6, 6.07) is 0. The van der Waals surface area contributed by atoms with Crippen LogP contribution in [-0.4, -0.2) is 17.8 Å². The minimum absolute atomic E-state index is 0. The highest BCUT2D eigenvalue weighted by Gasteiger charge is 2.01. The van der Waals surface area contributed by atoms with Crippen molar-refractivity contribution in [2.24, 2.45) is 0 Å². The van der Waals surface area contributed by atoms with Crippen LogP contribution in [0.4, 0.5) is 0 Å². The Labute approximate surface area is 109 Å². The van der Waals surface area contributed by atoms with Crippen molar-refractivity contribution in [2.75, 3.05) is 13.1 Å². The first kappa shape index (κ1) is 18.2. The van der Waals surface area contributed by atoms with E-state index in [1.165, 1.54) is 64.5 Å². The zero-order chi connectivity index (χ0) is 10.6. The van der Waals surface area contributed by atoms with E-state index in [-0.39, 0.29) is 17.0 Å². The quantitative estimate of drug-likeness (QED) is 0.429. The Hall–Kier alpha value is 0.870. The smallest absolute Gasteiger partial charge is 0.0431 e. The Bertz CT molecular complexity index is 99.8. The van der Waals surface area contributed by atoms with Crippen molar-refractivity contribution < 1.29 is 17.0 Å². The van der Waals surface area contributed by atoms with E-state index in [1.807, 2.05) is 0 Å². The third-order valence-electron chi connectivity index (χ3n) is 2.66. The van der Waals surface area contributed by atoms with Gasteiger partial charge in [0.15, 0.2) is 0 Å². The standard InChI is InChI=1S/C12H28NP.BrH/c1-3-5-7-9-11-13(14)12-10-8-6-4-2;/h3-12,14H2,1-2H3;1H. The maximum atomic E-state index is 2.52. The molecule has 0 saturated carbocycles. The fourth-order valence-corrected chi connectivity index (χ4v) is 2.08. The molecule has 0 aromatic rings. The first-order chi connectivity index (χ1) is 6.81. The molecule has 0 amide bonds. The molecule has 0 spiro atoms. The number of nitrogens with zero attached hydrogens (tertiary/aromatic N) is 1. The normalized spacial score (nSPS) is 10.6. The Morgan fingerprint density at radius 2 is 1.13 bits per heavy atom. The topological polar surface area (TPSA) is 3.24 Å². The van der Waals surface area contributed by atoms with Crippen molar-refractivity contribution >= 4 is 9.39 Å². The van der Waals surface area contributed by atoms with E-state index >= 15 is 0 Å². The number of halogens is 1. The molecule has 0 aliphatic heterocycles. The minimum atomic E-state index is 0. The molecule has 0 heterocycles. The second-order valence-corrected chi connectivity index (χ2v) is 5.13. The van der Waals surface area contributed by atoms with Gasteiger partial charge in [0, 0.05) is 22.5 Å². The van der Waals surface area contributed by atoms with Crippen LogP contribution >= 0.6 is 9.39 Å². The number of unbranched alkanes of at least 4 members (excludes halogenated alkanes) is 6. The van der Waals surface area contributed by atoms with E-state index < -0.39 is 0 Å². The van der Waals surface area contributed by atoms with E-state index in [1.54, 1.807) is 0 Å². The summed E-state index contributed by atoms with van der Waals surface area (Å²) in [6.45, 7) is 7.17. The van der Waals surface area contributed by atoms with Crippen molar-refractivity contribution in [3.05, 3.63) is 0 Å². The van der Waals surface area contributed by atoms with Gasteiger partial charge in [0.25, 0.3) is 0 Å². The molecular formula is C12H29BrNP. The summed E-state index contributed by atoms with van der Waals surface area (Å²) in [5, 5.41) is 0. The van der Waals surface area contributed by atoms with Crippen molar-refractivity contribution in [3.8, 4) is 0 Å². The van der Waals surface area contributed by atoms with Gasteiger partial charge in [-0.3, -0.25) is 0 Å². The molecule has 1 nitrogen and oxygen atoms in total. The molecule has 1 unspecified atom stereocenters. The van der Waals surface area contributed by atoms with Crippen molar-refractivity contribution in [3.63, 3.8) is 0 Å². The maximum absolute atomic E-state index is 2.52. The third kappa shape index (κ3) is 14.9. The monoisotopic (exact) mass is 297 g/mol. The van der Waals surface area contributed by atoms with Crippen LogP contribution in [0.15, 0.2) is 0 Å². The molecule has 0 aromatic carbocycles. The second kappa shape index (κ2) is 14.9. The van der Waals surface area contributed by atoms with Gasteiger partial charge in [-0.1, -0.05) is 52.4 Å². The van der Waals surface area contributed by atoms with E-state index in [4.69, 9.17) is 0 Å². The van der Waals surface area contributed by atoms with Crippen molar-refractivity contribution in [1.82, 2.24) is 4.67 Å². The van der Waals surface area contributed by atoms with Gasteiger partial charge in [-0.05, 0) is 12.8 Å². The van der Waals surface area contributed by atoms with E-state index in [0.717, 1.165) is 0 Å². The Balaban J connectivity index is 0. The fourth-order valence-electron chi connectivity index (χ4n) is 1.64. The molecule has 0 fully saturated rings. The van der Waals surface area contributed by atoms with Crippen LogP contribution in [0.25, 0.3) is 0 Å². The van der Waals surface area contributed by atoms with Gasteiger partial charge in [0.05, 0.1) is 0 Å². The van der Waals surface area contributed by atoms with Gasteiger partial charge < -0.3 is 17.0 Å². The second-order valence-electron chi connectivity index (χ2n) is 4.24. The molecule has 94 valence electrons. The lowest BCUT2D eigenvalue weighted by Gasteiger charge is -2.10.